The standard InChI is InChI=1S/C17H29N3/c1-17(2,3)20-13-11-19(12-14-20)10-6-8-15-7-4-5-9-16(15)18/h4-5,7,9H,6,8,10-14,18H2,1-3H3. The lowest BCUT2D eigenvalue weighted by molar-refractivity contribution is 0.0619. The number of benzene rings is 1. The minimum Gasteiger partial charge on any atom is -0.399 e. The zero-order valence-electron chi connectivity index (χ0n) is 13.2. The molecule has 20 heavy (non-hydrogen) atoms. The monoisotopic (exact) mass is 275 g/mol. The number of piperazine rings is 1. The van der Waals surface area contributed by atoms with Crippen molar-refractivity contribution in [3.8, 4) is 0 Å². The van der Waals surface area contributed by atoms with Crippen molar-refractivity contribution in [1.82, 2.24) is 9.80 Å². The van der Waals surface area contributed by atoms with Crippen molar-refractivity contribution in [1.29, 1.82) is 0 Å². The Morgan fingerprint density at radius 3 is 2.30 bits per heavy atom. The van der Waals surface area contributed by atoms with Crippen molar-refractivity contribution in [3.63, 3.8) is 0 Å². The summed E-state index contributed by atoms with van der Waals surface area (Å²) in [6.07, 6.45) is 2.29. The van der Waals surface area contributed by atoms with Gasteiger partial charge in [-0.15, -0.1) is 0 Å². The summed E-state index contributed by atoms with van der Waals surface area (Å²) < 4.78 is 0. The number of hydrogen-bond donors (Lipinski definition) is 1. The summed E-state index contributed by atoms with van der Waals surface area (Å²) in [5.74, 6) is 0. The molecule has 112 valence electrons. The highest BCUT2D eigenvalue weighted by atomic mass is 15.3. The number of para-hydroxylation sites is 1. The smallest absolute Gasteiger partial charge is 0.0346 e. The Morgan fingerprint density at radius 2 is 1.70 bits per heavy atom. The van der Waals surface area contributed by atoms with E-state index in [2.05, 4.69) is 42.7 Å². The number of nitrogen functional groups attached to an aromatic ring is 1. The van der Waals surface area contributed by atoms with Gasteiger partial charge in [0.15, 0.2) is 0 Å². The summed E-state index contributed by atoms with van der Waals surface area (Å²) in [7, 11) is 0. The first-order valence-corrected chi connectivity index (χ1v) is 7.77. The van der Waals surface area contributed by atoms with Crippen LogP contribution < -0.4 is 5.73 Å². The average Bonchev–Trinajstić information content (AvgIpc) is 2.40. The van der Waals surface area contributed by atoms with Gasteiger partial charge in [-0.25, -0.2) is 0 Å². The third-order valence-corrected chi connectivity index (χ3v) is 4.30. The molecule has 0 radical (unpaired) electrons. The van der Waals surface area contributed by atoms with Gasteiger partial charge in [-0.05, 0) is 51.8 Å². The van der Waals surface area contributed by atoms with Gasteiger partial charge in [-0.3, -0.25) is 4.90 Å². The molecule has 1 aliphatic rings. The van der Waals surface area contributed by atoms with Crippen LogP contribution in [0.5, 0.6) is 0 Å². The summed E-state index contributed by atoms with van der Waals surface area (Å²) in [6.45, 7) is 12.9. The minimum absolute atomic E-state index is 0.310. The first-order valence-electron chi connectivity index (χ1n) is 7.77. The first kappa shape index (κ1) is 15.3. The van der Waals surface area contributed by atoms with Crippen LogP contribution >= 0.6 is 0 Å². The summed E-state index contributed by atoms with van der Waals surface area (Å²) in [6, 6.07) is 8.22. The van der Waals surface area contributed by atoms with Crippen molar-refractivity contribution in [2.45, 2.75) is 39.2 Å². The van der Waals surface area contributed by atoms with Gasteiger partial charge in [0.1, 0.15) is 0 Å². The number of nitrogens with zero attached hydrogens (tertiary/aromatic N) is 2. The van der Waals surface area contributed by atoms with Gasteiger partial charge >= 0.3 is 0 Å². The Balaban J connectivity index is 1.71. The van der Waals surface area contributed by atoms with Crippen LogP contribution in [0.2, 0.25) is 0 Å². The highest BCUT2D eigenvalue weighted by Crippen LogP contribution is 2.17. The SMILES string of the molecule is CC(C)(C)N1CCN(CCCc2ccccc2N)CC1. The van der Waals surface area contributed by atoms with E-state index >= 15 is 0 Å². The second kappa shape index (κ2) is 6.59. The Kier molecular flexibility index (Phi) is 5.06. The van der Waals surface area contributed by atoms with E-state index in [0.717, 1.165) is 12.1 Å². The van der Waals surface area contributed by atoms with Crippen LogP contribution in [0.3, 0.4) is 0 Å². The van der Waals surface area contributed by atoms with E-state index in [1.807, 2.05) is 12.1 Å². The van der Waals surface area contributed by atoms with Crippen molar-refractivity contribution in [3.05, 3.63) is 29.8 Å². The quantitative estimate of drug-likeness (QED) is 0.857. The van der Waals surface area contributed by atoms with E-state index in [1.165, 1.54) is 44.7 Å². The minimum atomic E-state index is 0.310. The van der Waals surface area contributed by atoms with E-state index in [1.54, 1.807) is 0 Å². The van der Waals surface area contributed by atoms with Gasteiger partial charge < -0.3 is 10.6 Å². The number of anilines is 1. The van der Waals surface area contributed by atoms with Crippen LogP contribution in [0.25, 0.3) is 0 Å². The van der Waals surface area contributed by atoms with Crippen LogP contribution in [0, 0.1) is 0 Å². The molecular weight excluding hydrogens is 246 g/mol. The maximum Gasteiger partial charge on any atom is 0.0346 e. The molecule has 1 fully saturated rings. The van der Waals surface area contributed by atoms with Crippen LogP contribution in [0.4, 0.5) is 5.69 Å². The maximum atomic E-state index is 5.99. The molecule has 0 unspecified atom stereocenters. The number of hydrogen-bond acceptors (Lipinski definition) is 3. The van der Waals surface area contributed by atoms with E-state index in [4.69, 9.17) is 5.73 Å². The molecule has 0 atom stereocenters. The molecular formula is C17H29N3. The fourth-order valence-electron chi connectivity index (χ4n) is 2.90. The predicted molar refractivity (Wildman–Crippen MR) is 86.9 cm³/mol. The molecule has 1 aromatic rings. The molecule has 3 nitrogen and oxygen atoms in total. The van der Waals surface area contributed by atoms with E-state index in [-0.39, 0.29) is 0 Å². The molecule has 0 spiro atoms. The van der Waals surface area contributed by atoms with Gasteiger partial charge in [0.25, 0.3) is 0 Å². The number of rotatable bonds is 4. The van der Waals surface area contributed by atoms with E-state index in [0.29, 0.717) is 5.54 Å². The van der Waals surface area contributed by atoms with Crippen molar-refractivity contribution >= 4 is 5.69 Å². The Morgan fingerprint density at radius 1 is 1.05 bits per heavy atom. The molecule has 0 aromatic heterocycles. The summed E-state index contributed by atoms with van der Waals surface area (Å²) >= 11 is 0. The van der Waals surface area contributed by atoms with Gasteiger partial charge in [0, 0.05) is 37.4 Å². The molecule has 2 N–H and O–H groups in total. The zero-order valence-corrected chi connectivity index (χ0v) is 13.2. The molecule has 1 aliphatic heterocycles. The van der Waals surface area contributed by atoms with Gasteiger partial charge in [0.2, 0.25) is 0 Å². The summed E-state index contributed by atoms with van der Waals surface area (Å²) in [4.78, 5) is 5.17. The third-order valence-electron chi connectivity index (χ3n) is 4.30. The topological polar surface area (TPSA) is 32.5 Å². The molecule has 0 amide bonds. The largest absolute Gasteiger partial charge is 0.399 e. The molecule has 1 aromatic carbocycles. The second-order valence-electron chi connectivity index (χ2n) is 6.80. The second-order valence-corrected chi connectivity index (χ2v) is 6.80. The molecule has 0 aliphatic carbocycles. The van der Waals surface area contributed by atoms with Crippen molar-refractivity contribution in [2.75, 3.05) is 38.5 Å². The van der Waals surface area contributed by atoms with Crippen LogP contribution in [0.1, 0.15) is 32.8 Å². The Hall–Kier alpha value is -1.06. The van der Waals surface area contributed by atoms with E-state index < -0.39 is 0 Å². The molecule has 0 bridgehead atoms. The van der Waals surface area contributed by atoms with Crippen LogP contribution in [-0.2, 0) is 6.42 Å². The highest BCUT2D eigenvalue weighted by molar-refractivity contribution is 5.46. The van der Waals surface area contributed by atoms with Gasteiger partial charge in [-0.2, -0.15) is 0 Å². The molecule has 1 saturated heterocycles. The molecule has 0 saturated carbocycles. The lowest BCUT2D eigenvalue weighted by Gasteiger charge is -2.42. The average molecular weight is 275 g/mol. The maximum absolute atomic E-state index is 5.99. The lowest BCUT2D eigenvalue weighted by atomic mass is 10.0. The third kappa shape index (κ3) is 4.22. The Labute approximate surface area is 123 Å². The fourth-order valence-corrected chi connectivity index (χ4v) is 2.90. The van der Waals surface area contributed by atoms with Crippen LogP contribution in [0.15, 0.2) is 24.3 Å². The Bertz CT molecular complexity index is 414. The normalized spacial score (nSPS) is 18.4. The van der Waals surface area contributed by atoms with Crippen molar-refractivity contribution < 1.29 is 0 Å². The molecule has 1 heterocycles. The zero-order chi connectivity index (χ0) is 14.6. The number of nitrogens with two attached hydrogens (primary N) is 1. The highest BCUT2D eigenvalue weighted by Gasteiger charge is 2.25. The molecule has 3 heteroatoms. The predicted octanol–water partition coefficient (Wildman–Crippen LogP) is 2.62. The molecule has 2 rings (SSSR count). The van der Waals surface area contributed by atoms with Crippen LogP contribution in [-0.4, -0.2) is 48.1 Å². The summed E-state index contributed by atoms with van der Waals surface area (Å²) in [5.41, 5.74) is 8.52. The van der Waals surface area contributed by atoms with Gasteiger partial charge in [0.05, 0.1) is 0 Å². The fraction of sp³-hybridized carbons (Fsp3) is 0.647. The van der Waals surface area contributed by atoms with Gasteiger partial charge in [-0.1, -0.05) is 18.2 Å². The van der Waals surface area contributed by atoms with E-state index in [9.17, 15) is 0 Å². The first-order chi connectivity index (χ1) is 9.47. The lowest BCUT2D eigenvalue weighted by Crippen LogP contribution is -2.53. The summed E-state index contributed by atoms with van der Waals surface area (Å²) in [5, 5.41) is 0. The number of aryl methyl sites for hydroxylation is 1. The van der Waals surface area contributed by atoms with Crippen molar-refractivity contribution in [2.24, 2.45) is 0 Å².